The Bertz CT molecular complexity index is 641. The molecule has 0 atom stereocenters. The van der Waals surface area contributed by atoms with Gasteiger partial charge < -0.3 is 4.90 Å². The molecule has 0 bridgehead atoms. The monoisotopic (exact) mass is 277 g/mol. The molecule has 0 N–H and O–H groups in total. The Balaban J connectivity index is 2.50. The summed E-state index contributed by atoms with van der Waals surface area (Å²) in [7, 11) is 1.58. The number of amides is 1. The van der Waals surface area contributed by atoms with E-state index in [0.717, 1.165) is 0 Å². The van der Waals surface area contributed by atoms with E-state index in [9.17, 15) is 9.59 Å². The van der Waals surface area contributed by atoms with Crippen molar-refractivity contribution in [2.75, 3.05) is 6.54 Å². The number of nitrogens with zero attached hydrogens (tertiary/aromatic N) is 3. The molecule has 1 aromatic heterocycles. The lowest BCUT2D eigenvalue weighted by Crippen LogP contribution is -2.71. The van der Waals surface area contributed by atoms with Crippen LogP contribution < -0.4 is 5.56 Å². The maximum Gasteiger partial charge on any atom is 0.279 e. The smallest absolute Gasteiger partial charge is 0.279 e. The molecule has 5 nitrogen and oxygen atoms in total. The summed E-state index contributed by atoms with van der Waals surface area (Å²) in [5, 5.41) is 4.12. The van der Waals surface area contributed by atoms with Gasteiger partial charge in [-0.2, -0.15) is 5.10 Å². The SMILES string of the molecule is Cc1nn(C)c(=O)c(C(=O)N2CC(C)(C)C2(C)C)c1C. The molecule has 110 valence electrons. The van der Waals surface area contributed by atoms with E-state index in [-0.39, 0.29) is 28.0 Å². The molecule has 0 unspecified atom stereocenters. The molecule has 1 saturated heterocycles. The molecule has 20 heavy (non-hydrogen) atoms. The second-order valence-electron chi connectivity index (χ2n) is 6.85. The standard InChI is InChI=1S/C15H23N3O2/c1-9-10(2)16-17(7)12(19)11(9)13(20)18-8-14(3,4)15(18,5)6/h8H2,1-7H3. The summed E-state index contributed by atoms with van der Waals surface area (Å²) in [5.74, 6) is -0.182. The Labute approximate surface area is 119 Å². The fourth-order valence-corrected chi connectivity index (χ4v) is 2.62. The molecule has 1 aromatic rings. The van der Waals surface area contributed by atoms with Crippen LogP contribution in [0, 0.1) is 19.3 Å². The average Bonchev–Trinajstić information content (AvgIpc) is 2.33. The van der Waals surface area contributed by atoms with Crippen LogP contribution in [0.25, 0.3) is 0 Å². The number of hydrogen-bond acceptors (Lipinski definition) is 3. The van der Waals surface area contributed by atoms with Crippen molar-refractivity contribution in [3.63, 3.8) is 0 Å². The molecule has 1 fully saturated rings. The van der Waals surface area contributed by atoms with Gasteiger partial charge in [-0.15, -0.1) is 0 Å². The van der Waals surface area contributed by atoms with Crippen LogP contribution in [0.3, 0.4) is 0 Å². The van der Waals surface area contributed by atoms with Gasteiger partial charge in [0.05, 0.1) is 5.69 Å². The van der Waals surface area contributed by atoms with Crippen molar-refractivity contribution in [2.24, 2.45) is 12.5 Å². The van der Waals surface area contributed by atoms with Crippen LogP contribution in [0.5, 0.6) is 0 Å². The van der Waals surface area contributed by atoms with Crippen molar-refractivity contribution in [1.29, 1.82) is 0 Å². The number of aromatic nitrogens is 2. The van der Waals surface area contributed by atoms with Crippen molar-refractivity contribution < 1.29 is 4.79 Å². The van der Waals surface area contributed by atoms with Crippen LogP contribution in [0.15, 0.2) is 4.79 Å². The molecule has 1 amide bonds. The summed E-state index contributed by atoms with van der Waals surface area (Å²) < 4.78 is 1.24. The van der Waals surface area contributed by atoms with E-state index < -0.39 is 0 Å². The molecule has 5 heteroatoms. The molecule has 0 radical (unpaired) electrons. The quantitative estimate of drug-likeness (QED) is 0.784. The zero-order valence-corrected chi connectivity index (χ0v) is 13.4. The van der Waals surface area contributed by atoms with E-state index >= 15 is 0 Å². The highest BCUT2D eigenvalue weighted by Gasteiger charge is 2.55. The first-order valence-corrected chi connectivity index (χ1v) is 6.87. The van der Waals surface area contributed by atoms with Gasteiger partial charge in [0, 0.05) is 24.5 Å². The molecule has 0 aliphatic carbocycles. The van der Waals surface area contributed by atoms with E-state index in [1.54, 1.807) is 18.9 Å². The van der Waals surface area contributed by atoms with Gasteiger partial charge in [0.25, 0.3) is 11.5 Å². The van der Waals surface area contributed by atoms with Crippen LogP contribution in [0.2, 0.25) is 0 Å². The molecule has 0 saturated carbocycles. The predicted octanol–water partition coefficient (Wildman–Crippen LogP) is 1.66. The van der Waals surface area contributed by atoms with Crippen molar-refractivity contribution >= 4 is 5.91 Å². The Kier molecular flexibility index (Phi) is 3.08. The van der Waals surface area contributed by atoms with Gasteiger partial charge in [-0.25, -0.2) is 4.68 Å². The summed E-state index contributed by atoms with van der Waals surface area (Å²) in [6.07, 6.45) is 0. The minimum Gasteiger partial charge on any atom is -0.332 e. The molecular formula is C15H23N3O2. The van der Waals surface area contributed by atoms with Gasteiger partial charge in [-0.05, 0) is 33.3 Å². The van der Waals surface area contributed by atoms with Gasteiger partial charge in [-0.1, -0.05) is 13.8 Å². The van der Waals surface area contributed by atoms with E-state index in [1.807, 2.05) is 20.8 Å². The van der Waals surface area contributed by atoms with Gasteiger partial charge in [0.2, 0.25) is 0 Å². The highest BCUT2D eigenvalue weighted by atomic mass is 16.2. The molecular weight excluding hydrogens is 254 g/mol. The third-order valence-electron chi connectivity index (χ3n) is 5.07. The number of aryl methyl sites for hydroxylation is 2. The first-order valence-electron chi connectivity index (χ1n) is 6.87. The minimum atomic E-state index is -0.321. The lowest BCUT2D eigenvalue weighted by atomic mass is 9.65. The average molecular weight is 277 g/mol. The number of rotatable bonds is 1. The summed E-state index contributed by atoms with van der Waals surface area (Å²) in [5.41, 5.74) is 1.14. The summed E-state index contributed by atoms with van der Waals surface area (Å²) in [4.78, 5) is 26.8. The highest BCUT2D eigenvalue weighted by molar-refractivity contribution is 5.96. The number of carbonyl (C=O) groups is 1. The lowest BCUT2D eigenvalue weighted by molar-refractivity contribution is -0.0883. The zero-order valence-electron chi connectivity index (χ0n) is 13.4. The second kappa shape index (κ2) is 4.17. The highest BCUT2D eigenvalue weighted by Crippen LogP contribution is 2.46. The normalized spacial score (nSPS) is 19.6. The molecule has 2 heterocycles. The van der Waals surface area contributed by atoms with Crippen molar-refractivity contribution in [3.8, 4) is 0 Å². The number of likely N-dealkylation sites (tertiary alicyclic amines) is 1. The predicted molar refractivity (Wildman–Crippen MR) is 77.8 cm³/mol. The summed E-state index contributed by atoms with van der Waals surface area (Å²) in [6, 6.07) is 0. The summed E-state index contributed by atoms with van der Waals surface area (Å²) >= 11 is 0. The van der Waals surface area contributed by atoms with E-state index in [1.165, 1.54) is 4.68 Å². The number of hydrogen-bond donors (Lipinski definition) is 0. The fraction of sp³-hybridized carbons (Fsp3) is 0.667. The molecule has 0 aromatic carbocycles. The first kappa shape index (κ1) is 14.8. The zero-order chi connectivity index (χ0) is 15.5. The molecule has 0 spiro atoms. The van der Waals surface area contributed by atoms with Gasteiger partial charge in [0.1, 0.15) is 5.56 Å². The first-order chi connectivity index (χ1) is 9.00. The Morgan fingerprint density at radius 3 is 2.20 bits per heavy atom. The largest absolute Gasteiger partial charge is 0.332 e. The van der Waals surface area contributed by atoms with E-state index in [4.69, 9.17) is 0 Å². The van der Waals surface area contributed by atoms with Gasteiger partial charge in [0.15, 0.2) is 0 Å². The van der Waals surface area contributed by atoms with Crippen LogP contribution in [0.1, 0.15) is 49.3 Å². The van der Waals surface area contributed by atoms with Crippen molar-refractivity contribution in [3.05, 3.63) is 27.2 Å². The van der Waals surface area contributed by atoms with Gasteiger partial charge >= 0.3 is 0 Å². The Hall–Kier alpha value is -1.65. The maximum absolute atomic E-state index is 12.8. The molecule has 1 aliphatic rings. The Morgan fingerprint density at radius 1 is 1.20 bits per heavy atom. The van der Waals surface area contributed by atoms with E-state index in [2.05, 4.69) is 18.9 Å². The van der Waals surface area contributed by atoms with Gasteiger partial charge in [-0.3, -0.25) is 9.59 Å². The van der Waals surface area contributed by atoms with Crippen LogP contribution in [0.4, 0.5) is 0 Å². The Morgan fingerprint density at radius 2 is 1.75 bits per heavy atom. The minimum absolute atomic E-state index is 0.0594. The fourth-order valence-electron chi connectivity index (χ4n) is 2.62. The number of carbonyl (C=O) groups excluding carboxylic acids is 1. The van der Waals surface area contributed by atoms with Crippen molar-refractivity contribution in [2.45, 2.75) is 47.1 Å². The van der Waals surface area contributed by atoms with Crippen molar-refractivity contribution in [1.82, 2.24) is 14.7 Å². The third kappa shape index (κ3) is 1.79. The van der Waals surface area contributed by atoms with Crippen LogP contribution in [-0.2, 0) is 7.05 Å². The van der Waals surface area contributed by atoms with Crippen LogP contribution in [-0.4, -0.2) is 32.7 Å². The van der Waals surface area contributed by atoms with Crippen LogP contribution >= 0.6 is 0 Å². The second-order valence-corrected chi connectivity index (χ2v) is 6.85. The summed E-state index contributed by atoms with van der Waals surface area (Å²) in [6.45, 7) is 12.6. The maximum atomic E-state index is 12.8. The third-order valence-corrected chi connectivity index (χ3v) is 5.07. The van der Waals surface area contributed by atoms with E-state index in [0.29, 0.717) is 17.8 Å². The topological polar surface area (TPSA) is 55.2 Å². The lowest BCUT2D eigenvalue weighted by Gasteiger charge is -2.61. The molecule has 1 aliphatic heterocycles. The molecule has 2 rings (SSSR count).